The van der Waals surface area contributed by atoms with Gasteiger partial charge in [0.15, 0.2) is 0 Å². The molecule has 22 heavy (non-hydrogen) atoms. The van der Waals surface area contributed by atoms with Gasteiger partial charge in [-0.3, -0.25) is 9.69 Å². The highest BCUT2D eigenvalue weighted by atomic mass is 35.5. The van der Waals surface area contributed by atoms with Crippen LogP contribution in [-0.4, -0.2) is 53.6 Å². The summed E-state index contributed by atoms with van der Waals surface area (Å²) in [5, 5.41) is 9.09. The van der Waals surface area contributed by atoms with E-state index in [1.807, 2.05) is 0 Å². The molecule has 0 unspecified atom stereocenters. The summed E-state index contributed by atoms with van der Waals surface area (Å²) in [6.07, 6.45) is 1.87. The van der Waals surface area contributed by atoms with Crippen LogP contribution in [0.4, 0.5) is 4.39 Å². The Hall–Kier alpha value is -1.17. The first kappa shape index (κ1) is 17.2. The van der Waals surface area contributed by atoms with Crippen molar-refractivity contribution in [3.05, 3.63) is 34.6 Å². The second-order valence-electron chi connectivity index (χ2n) is 5.67. The molecule has 1 aliphatic heterocycles. The van der Waals surface area contributed by atoms with Crippen LogP contribution in [0.3, 0.4) is 0 Å². The molecule has 0 amide bonds. The van der Waals surface area contributed by atoms with Crippen LogP contribution >= 0.6 is 11.6 Å². The third-order valence-corrected chi connectivity index (χ3v) is 4.38. The van der Waals surface area contributed by atoms with Gasteiger partial charge in [0.25, 0.3) is 0 Å². The van der Waals surface area contributed by atoms with Crippen molar-refractivity contribution >= 4 is 17.6 Å². The summed E-state index contributed by atoms with van der Waals surface area (Å²) >= 11 is 6.06. The van der Waals surface area contributed by atoms with E-state index in [1.54, 1.807) is 12.1 Å². The average Bonchev–Trinajstić information content (AvgIpc) is 2.49. The van der Waals surface area contributed by atoms with Gasteiger partial charge in [0.2, 0.25) is 0 Å². The number of carboxylic acid groups (broad SMARTS) is 1. The van der Waals surface area contributed by atoms with Crippen molar-refractivity contribution in [1.29, 1.82) is 0 Å². The Kier molecular flexibility index (Phi) is 6.61. The lowest BCUT2D eigenvalue weighted by atomic mass is 10.1. The van der Waals surface area contributed by atoms with Crippen molar-refractivity contribution in [3.8, 4) is 0 Å². The molecule has 0 atom stereocenters. The number of benzene rings is 1. The molecule has 6 heteroatoms. The number of unbranched alkanes of at least 4 members (excludes halogenated alkanes) is 1. The number of nitrogens with zero attached hydrogens (tertiary/aromatic N) is 2. The highest BCUT2D eigenvalue weighted by Crippen LogP contribution is 2.21. The van der Waals surface area contributed by atoms with E-state index in [0.717, 1.165) is 45.6 Å². The lowest BCUT2D eigenvalue weighted by Gasteiger charge is -2.34. The number of hydrogen-bond acceptors (Lipinski definition) is 3. The zero-order valence-corrected chi connectivity index (χ0v) is 13.4. The molecule has 1 heterocycles. The van der Waals surface area contributed by atoms with Crippen molar-refractivity contribution in [2.45, 2.75) is 25.8 Å². The Labute approximate surface area is 135 Å². The molecule has 0 bridgehead atoms. The van der Waals surface area contributed by atoms with E-state index < -0.39 is 5.97 Å². The van der Waals surface area contributed by atoms with Crippen LogP contribution in [0, 0.1) is 5.82 Å². The topological polar surface area (TPSA) is 43.8 Å². The summed E-state index contributed by atoms with van der Waals surface area (Å²) in [6.45, 7) is 5.09. The van der Waals surface area contributed by atoms with Crippen molar-refractivity contribution in [1.82, 2.24) is 9.80 Å². The zero-order valence-electron chi connectivity index (χ0n) is 12.6. The maximum Gasteiger partial charge on any atom is 0.303 e. The largest absolute Gasteiger partial charge is 0.481 e. The van der Waals surface area contributed by atoms with Crippen LogP contribution in [0.2, 0.25) is 5.02 Å². The molecule has 1 aromatic rings. The fraction of sp³-hybridized carbons (Fsp3) is 0.562. The predicted molar refractivity (Wildman–Crippen MR) is 84.6 cm³/mol. The number of hydrogen-bond donors (Lipinski definition) is 1. The van der Waals surface area contributed by atoms with Gasteiger partial charge in [-0.05, 0) is 31.5 Å². The standard InChI is InChI=1S/C16H22ClFN2O2/c17-14-4-3-5-15(18)13(14)12-20-10-8-19(9-11-20)7-2-1-6-16(21)22/h3-5H,1-2,6-12H2,(H,21,22). The Morgan fingerprint density at radius 3 is 2.50 bits per heavy atom. The minimum absolute atomic E-state index is 0.242. The molecule has 1 fully saturated rings. The third kappa shape index (κ3) is 5.23. The fourth-order valence-electron chi connectivity index (χ4n) is 2.69. The van der Waals surface area contributed by atoms with Crippen molar-refractivity contribution in [3.63, 3.8) is 0 Å². The Morgan fingerprint density at radius 2 is 1.86 bits per heavy atom. The molecule has 0 aliphatic carbocycles. The molecule has 4 nitrogen and oxygen atoms in total. The first-order valence-corrected chi connectivity index (χ1v) is 8.03. The molecule has 2 rings (SSSR count). The molecule has 0 spiro atoms. The highest BCUT2D eigenvalue weighted by Gasteiger charge is 2.18. The minimum atomic E-state index is -0.730. The molecule has 0 aromatic heterocycles. The van der Waals surface area contributed by atoms with Gasteiger partial charge in [-0.25, -0.2) is 4.39 Å². The van der Waals surface area contributed by atoms with Crippen LogP contribution < -0.4 is 0 Å². The Balaban J connectivity index is 1.72. The van der Waals surface area contributed by atoms with Crippen LogP contribution in [0.5, 0.6) is 0 Å². The lowest BCUT2D eigenvalue weighted by molar-refractivity contribution is -0.137. The lowest BCUT2D eigenvalue weighted by Crippen LogP contribution is -2.46. The number of carboxylic acids is 1. The monoisotopic (exact) mass is 328 g/mol. The number of aliphatic carboxylic acids is 1. The van der Waals surface area contributed by atoms with Gasteiger partial charge < -0.3 is 10.0 Å². The highest BCUT2D eigenvalue weighted by molar-refractivity contribution is 6.31. The van der Waals surface area contributed by atoms with Crippen LogP contribution in [0.25, 0.3) is 0 Å². The number of carbonyl (C=O) groups is 1. The molecule has 1 saturated heterocycles. The molecule has 1 aromatic carbocycles. The van der Waals surface area contributed by atoms with Gasteiger partial charge in [-0.15, -0.1) is 0 Å². The van der Waals surface area contributed by atoms with E-state index in [0.29, 0.717) is 17.1 Å². The molecule has 122 valence electrons. The zero-order chi connectivity index (χ0) is 15.9. The average molecular weight is 329 g/mol. The summed E-state index contributed by atoms with van der Waals surface area (Å²) in [5.74, 6) is -0.977. The third-order valence-electron chi connectivity index (χ3n) is 4.02. The summed E-state index contributed by atoms with van der Waals surface area (Å²) in [7, 11) is 0. The first-order valence-electron chi connectivity index (χ1n) is 7.65. The van der Waals surface area contributed by atoms with E-state index >= 15 is 0 Å². The van der Waals surface area contributed by atoms with Gasteiger partial charge >= 0.3 is 5.97 Å². The number of piperazine rings is 1. The van der Waals surface area contributed by atoms with Gasteiger partial charge in [-0.2, -0.15) is 0 Å². The van der Waals surface area contributed by atoms with Gasteiger partial charge in [-0.1, -0.05) is 17.7 Å². The maximum absolute atomic E-state index is 13.8. The number of halogens is 2. The van der Waals surface area contributed by atoms with E-state index in [2.05, 4.69) is 9.80 Å². The molecular weight excluding hydrogens is 307 g/mol. The summed E-state index contributed by atoms with van der Waals surface area (Å²) in [5.41, 5.74) is 0.569. The number of rotatable bonds is 7. The quantitative estimate of drug-likeness (QED) is 0.782. The van der Waals surface area contributed by atoms with E-state index in [9.17, 15) is 9.18 Å². The maximum atomic E-state index is 13.8. The second kappa shape index (κ2) is 8.46. The molecule has 1 N–H and O–H groups in total. The summed E-state index contributed by atoms with van der Waals surface area (Å²) in [4.78, 5) is 15.0. The molecule has 1 aliphatic rings. The Bertz CT molecular complexity index is 485. The summed E-state index contributed by atoms with van der Waals surface area (Å²) < 4.78 is 13.8. The predicted octanol–water partition coefficient (Wildman–Crippen LogP) is 2.85. The van der Waals surface area contributed by atoms with E-state index in [4.69, 9.17) is 16.7 Å². The Morgan fingerprint density at radius 1 is 1.18 bits per heavy atom. The molecule has 0 radical (unpaired) electrons. The smallest absolute Gasteiger partial charge is 0.303 e. The second-order valence-corrected chi connectivity index (χ2v) is 6.08. The van der Waals surface area contributed by atoms with Crippen molar-refractivity contribution in [2.75, 3.05) is 32.7 Å². The van der Waals surface area contributed by atoms with Crippen LogP contribution in [0.1, 0.15) is 24.8 Å². The van der Waals surface area contributed by atoms with E-state index in [1.165, 1.54) is 6.07 Å². The minimum Gasteiger partial charge on any atom is -0.481 e. The van der Waals surface area contributed by atoms with Crippen LogP contribution in [-0.2, 0) is 11.3 Å². The molecular formula is C16H22ClFN2O2. The van der Waals surface area contributed by atoms with E-state index in [-0.39, 0.29) is 12.2 Å². The van der Waals surface area contributed by atoms with Crippen molar-refractivity contribution < 1.29 is 14.3 Å². The van der Waals surface area contributed by atoms with Crippen LogP contribution in [0.15, 0.2) is 18.2 Å². The SMILES string of the molecule is O=C(O)CCCCN1CCN(Cc2c(F)cccc2Cl)CC1. The van der Waals surface area contributed by atoms with Crippen molar-refractivity contribution in [2.24, 2.45) is 0 Å². The first-order chi connectivity index (χ1) is 10.6. The normalized spacial score (nSPS) is 16.8. The van der Waals surface area contributed by atoms with Gasteiger partial charge in [0.05, 0.1) is 0 Å². The molecule has 0 saturated carbocycles. The fourth-order valence-corrected chi connectivity index (χ4v) is 2.91. The van der Waals surface area contributed by atoms with Gasteiger partial charge in [0.1, 0.15) is 5.82 Å². The summed E-state index contributed by atoms with van der Waals surface area (Å²) in [6, 6.07) is 4.79. The van der Waals surface area contributed by atoms with Gasteiger partial charge in [0, 0.05) is 49.7 Å².